The highest BCUT2D eigenvalue weighted by Gasteiger charge is 2.34. The zero-order valence-electron chi connectivity index (χ0n) is 23.4. The Kier molecular flexibility index (Phi) is 10.7. The van der Waals surface area contributed by atoms with Gasteiger partial charge in [-0.3, -0.25) is 10.8 Å². The van der Waals surface area contributed by atoms with Gasteiger partial charge in [-0.05, 0) is 82.6 Å². The van der Waals surface area contributed by atoms with Crippen molar-refractivity contribution in [2.45, 2.75) is 12.4 Å². The van der Waals surface area contributed by atoms with Crippen LogP contribution >= 0.6 is 22.6 Å². The SMILES string of the molecule is N=C(Nc1ccc(F)c(C(F)(F)F)c1)Nc1cccc2ccccc12.N=C(Nc1cccc(C(F)(F)F)c1)Nc1ccccc1I. The van der Waals surface area contributed by atoms with E-state index >= 15 is 0 Å². The number of guanidine groups is 2. The second kappa shape index (κ2) is 14.5. The van der Waals surface area contributed by atoms with E-state index in [1.165, 1.54) is 12.1 Å². The lowest BCUT2D eigenvalue weighted by Gasteiger charge is -2.14. The minimum absolute atomic E-state index is 0.0357. The summed E-state index contributed by atoms with van der Waals surface area (Å²) in [6.07, 6.45) is -9.20. The van der Waals surface area contributed by atoms with Crippen molar-refractivity contribution in [3.63, 3.8) is 0 Å². The Balaban J connectivity index is 0.000000212. The third kappa shape index (κ3) is 9.32. The molecule has 0 aromatic heterocycles. The van der Waals surface area contributed by atoms with E-state index in [-0.39, 0.29) is 23.3 Å². The van der Waals surface area contributed by atoms with E-state index in [1.807, 2.05) is 48.5 Å². The Morgan fingerprint density at radius 1 is 0.565 bits per heavy atom. The molecule has 5 aromatic carbocycles. The molecule has 5 aromatic rings. The number of benzene rings is 5. The van der Waals surface area contributed by atoms with Crippen LogP contribution in [0.15, 0.2) is 109 Å². The molecule has 0 fully saturated rings. The summed E-state index contributed by atoms with van der Waals surface area (Å²) in [6, 6.07) is 27.5. The fourth-order valence-electron chi connectivity index (χ4n) is 4.11. The Labute approximate surface area is 272 Å². The lowest BCUT2D eigenvalue weighted by Crippen LogP contribution is -2.21. The van der Waals surface area contributed by atoms with Gasteiger partial charge < -0.3 is 21.3 Å². The molecule has 0 aliphatic heterocycles. The highest BCUT2D eigenvalue weighted by Crippen LogP contribution is 2.33. The smallest absolute Gasteiger partial charge is 0.326 e. The first kappa shape index (κ1) is 34.0. The van der Waals surface area contributed by atoms with Crippen LogP contribution in [-0.2, 0) is 12.4 Å². The number of hydrogen-bond acceptors (Lipinski definition) is 2. The first-order valence-electron chi connectivity index (χ1n) is 13.2. The van der Waals surface area contributed by atoms with E-state index in [9.17, 15) is 30.7 Å². The molecule has 238 valence electrons. The summed E-state index contributed by atoms with van der Waals surface area (Å²) in [6.45, 7) is 0. The Morgan fingerprint density at radius 3 is 1.80 bits per heavy atom. The van der Waals surface area contributed by atoms with E-state index in [2.05, 4.69) is 43.9 Å². The van der Waals surface area contributed by atoms with Gasteiger partial charge in [-0.2, -0.15) is 26.3 Å². The van der Waals surface area contributed by atoms with Gasteiger partial charge in [0.05, 0.1) is 16.8 Å². The van der Waals surface area contributed by atoms with Crippen LogP contribution in [0.4, 0.5) is 53.5 Å². The topological polar surface area (TPSA) is 95.8 Å². The zero-order chi connectivity index (χ0) is 33.5. The summed E-state index contributed by atoms with van der Waals surface area (Å²) >= 11 is 2.10. The summed E-state index contributed by atoms with van der Waals surface area (Å²) in [7, 11) is 0. The molecule has 46 heavy (non-hydrogen) atoms. The lowest BCUT2D eigenvalue weighted by atomic mass is 10.1. The molecule has 0 radical (unpaired) electrons. The van der Waals surface area contributed by atoms with Crippen molar-refractivity contribution in [3.8, 4) is 0 Å². The van der Waals surface area contributed by atoms with Crippen LogP contribution in [-0.4, -0.2) is 11.9 Å². The maximum Gasteiger partial charge on any atom is 0.419 e. The van der Waals surface area contributed by atoms with E-state index < -0.39 is 29.3 Å². The number of rotatable bonds is 4. The van der Waals surface area contributed by atoms with Crippen molar-refractivity contribution in [2.75, 3.05) is 21.3 Å². The van der Waals surface area contributed by atoms with Gasteiger partial charge in [0.25, 0.3) is 0 Å². The van der Waals surface area contributed by atoms with E-state index in [0.717, 1.165) is 38.6 Å². The summed E-state index contributed by atoms with van der Waals surface area (Å²) in [5.41, 5.74) is -0.624. The van der Waals surface area contributed by atoms with Gasteiger partial charge in [-0.15, -0.1) is 0 Å². The summed E-state index contributed by atoms with van der Waals surface area (Å²) in [5, 5.41) is 28.2. The van der Waals surface area contributed by atoms with Gasteiger partial charge in [-0.1, -0.05) is 54.6 Å². The molecule has 14 heteroatoms. The lowest BCUT2D eigenvalue weighted by molar-refractivity contribution is -0.140. The van der Waals surface area contributed by atoms with Crippen molar-refractivity contribution in [1.82, 2.24) is 0 Å². The van der Waals surface area contributed by atoms with Crippen molar-refractivity contribution in [3.05, 3.63) is 130 Å². The van der Waals surface area contributed by atoms with Crippen LogP contribution in [0.1, 0.15) is 11.1 Å². The average Bonchev–Trinajstić information content (AvgIpc) is 2.99. The van der Waals surface area contributed by atoms with Crippen LogP contribution in [0.3, 0.4) is 0 Å². The molecule has 0 saturated carbocycles. The number of alkyl halides is 6. The van der Waals surface area contributed by atoms with Crippen LogP contribution in [0.2, 0.25) is 0 Å². The molecule has 5 rings (SSSR count). The normalized spacial score (nSPS) is 11.2. The molecule has 0 aliphatic rings. The number of hydrogen-bond donors (Lipinski definition) is 6. The van der Waals surface area contributed by atoms with Crippen LogP contribution in [0, 0.1) is 20.2 Å². The maximum atomic E-state index is 13.3. The largest absolute Gasteiger partial charge is 0.419 e. The molecule has 6 N–H and O–H groups in total. The molecule has 0 saturated heterocycles. The predicted octanol–water partition coefficient (Wildman–Crippen LogP) is 10.2. The number of para-hydroxylation sites is 1. The van der Waals surface area contributed by atoms with E-state index in [1.54, 1.807) is 18.2 Å². The van der Waals surface area contributed by atoms with E-state index in [4.69, 9.17) is 10.8 Å². The van der Waals surface area contributed by atoms with E-state index in [0.29, 0.717) is 17.4 Å². The summed E-state index contributed by atoms with van der Waals surface area (Å²) in [4.78, 5) is 0. The standard InChI is InChI=1S/C18H13F4N3.C14H11F3IN3/c19-15-9-8-12(10-14(15)18(20,21)22)24-17(23)25-16-7-3-5-11-4-1-2-6-13(11)16;15-14(16,17)9-4-3-5-10(8-9)20-13(19)21-12-7-2-1-6-11(12)18/h1-10H,(H3,23,24,25);1-8H,(H3,19,20,21). The third-order valence-corrected chi connectivity index (χ3v) is 7.12. The van der Waals surface area contributed by atoms with Gasteiger partial charge in [0.2, 0.25) is 0 Å². The fraction of sp³-hybridized carbons (Fsp3) is 0.0625. The van der Waals surface area contributed by atoms with Crippen LogP contribution in [0.5, 0.6) is 0 Å². The molecule has 6 nitrogen and oxygen atoms in total. The van der Waals surface area contributed by atoms with Crippen molar-refractivity contribution in [1.29, 1.82) is 10.8 Å². The number of fused-ring (bicyclic) bond motifs is 1. The monoisotopic (exact) mass is 752 g/mol. The Hall–Kier alpha value is -4.86. The van der Waals surface area contributed by atoms with Crippen molar-refractivity contribution in [2.24, 2.45) is 0 Å². The van der Waals surface area contributed by atoms with Crippen molar-refractivity contribution >= 4 is 68.0 Å². The van der Waals surface area contributed by atoms with Gasteiger partial charge in [-0.25, -0.2) is 4.39 Å². The second-order valence-electron chi connectivity index (χ2n) is 9.53. The second-order valence-corrected chi connectivity index (χ2v) is 10.7. The molecule has 0 spiro atoms. The molecule has 0 heterocycles. The highest BCUT2D eigenvalue weighted by molar-refractivity contribution is 14.1. The molecule has 0 amide bonds. The predicted molar refractivity (Wildman–Crippen MR) is 176 cm³/mol. The maximum absolute atomic E-state index is 13.3. The summed E-state index contributed by atoms with van der Waals surface area (Å²) in [5.74, 6) is -1.68. The fourth-order valence-corrected chi connectivity index (χ4v) is 4.63. The molecular formula is C32H24F7IN6. The third-order valence-electron chi connectivity index (χ3n) is 6.18. The number of anilines is 4. The molecular weight excluding hydrogens is 728 g/mol. The van der Waals surface area contributed by atoms with Crippen LogP contribution < -0.4 is 21.3 Å². The number of nitrogens with one attached hydrogen (secondary N) is 6. The quantitative estimate of drug-likeness (QED) is 0.0477. The molecule has 0 atom stereocenters. The molecule has 0 aliphatic carbocycles. The first-order chi connectivity index (χ1) is 21.7. The minimum Gasteiger partial charge on any atom is -0.326 e. The summed E-state index contributed by atoms with van der Waals surface area (Å²) < 4.78 is 90.3. The Bertz CT molecular complexity index is 1850. The zero-order valence-corrected chi connectivity index (χ0v) is 25.6. The van der Waals surface area contributed by atoms with Gasteiger partial charge in [0.1, 0.15) is 5.82 Å². The minimum atomic E-state index is -4.80. The molecule has 0 bridgehead atoms. The van der Waals surface area contributed by atoms with Gasteiger partial charge >= 0.3 is 12.4 Å². The van der Waals surface area contributed by atoms with Crippen molar-refractivity contribution < 1.29 is 30.7 Å². The van der Waals surface area contributed by atoms with Gasteiger partial charge in [0.15, 0.2) is 11.9 Å². The Morgan fingerprint density at radius 2 is 1.13 bits per heavy atom. The van der Waals surface area contributed by atoms with Crippen LogP contribution in [0.25, 0.3) is 10.8 Å². The number of halogens is 8. The van der Waals surface area contributed by atoms with Gasteiger partial charge in [0, 0.05) is 26.0 Å². The average molecular weight is 752 g/mol. The first-order valence-corrected chi connectivity index (χ1v) is 14.3. The molecule has 0 unspecified atom stereocenters. The highest BCUT2D eigenvalue weighted by atomic mass is 127.